The van der Waals surface area contributed by atoms with Crippen molar-refractivity contribution in [2.45, 2.75) is 71.4 Å². The summed E-state index contributed by atoms with van der Waals surface area (Å²) in [6, 6.07) is 10.3. The minimum absolute atomic E-state index is 0.0822. The predicted molar refractivity (Wildman–Crippen MR) is 203 cm³/mol. The molecule has 0 N–H and O–H groups in total. The minimum Gasteiger partial charge on any atom is -0.490 e. The van der Waals surface area contributed by atoms with Crippen molar-refractivity contribution in [2.24, 2.45) is 5.92 Å². The molecule has 13 heteroatoms. The van der Waals surface area contributed by atoms with Gasteiger partial charge < -0.3 is 29.1 Å². The maximum atomic E-state index is 14.1. The quantitative estimate of drug-likeness (QED) is 0.221. The number of amides is 2. The van der Waals surface area contributed by atoms with Crippen LogP contribution >= 0.6 is 0 Å². The van der Waals surface area contributed by atoms with Crippen LogP contribution in [0, 0.1) is 5.92 Å². The Balaban J connectivity index is 1.04. The zero-order valence-electron chi connectivity index (χ0n) is 31.9. The van der Waals surface area contributed by atoms with E-state index in [1.807, 2.05) is 66.8 Å². The topological polar surface area (TPSA) is 122 Å². The molecule has 1 aromatic carbocycles. The Labute approximate surface area is 312 Å². The smallest absolute Gasteiger partial charge is 0.237 e. The second-order valence-electron chi connectivity index (χ2n) is 14.7. The lowest BCUT2D eigenvalue weighted by Gasteiger charge is -2.52. The van der Waals surface area contributed by atoms with Crippen LogP contribution in [-0.2, 0) is 34.5 Å². The van der Waals surface area contributed by atoms with Crippen molar-refractivity contribution in [3.05, 3.63) is 65.4 Å². The Morgan fingerprint density at radius 2 is 1.64 bits per heavy atom. The standard InChI is InChI=1S/C40H53N9O4/c1-6-30-10-9-11-31(44-30)25-49-38-32(24-43-49)37(41-27-42-38)46-18-20-47(21-19-46)39(51)28-12-15-40(16-13-28)33-23-35(53-8-3)34(52-7-2)22-29(33)14-17-48(40)36(50)26-45(4)5/h9-11,22-24,27-28H,6-8,12-21,25-26H2,1-5H3/t28-,40+. The lowest BCUT2D eigenvalue weighted by atomic mass is 9.68. The molecule has 1 saturated heterocycles. The van der Waals surface area contributed by atoms with Crippen LogP contribution in [0.2, 0.25) is 0 Å². The number of ether oxygens (including phenoxy) is 2. The number of aromatic nitrogens is 5. The van der Waals surface area contributed by atoms with Crippen molar-refractivity contribution < 1.29 is 19.1 Å². The highest BCUT2D eigenvalue weighted by molar-refractivity contribution is 5.87. The summed E-state index contributed by atoms with van der Waals surface area (Å²) in [7, 11) is 3.87. The first-order valence-corrected chi connectivity index (χ1v) is 19.3. The van der Waals surface area contributed by atoms with E-state index in [4.69, 9.17) is 14.5 Å². The Hall–Kier alpha value is -4.78. The molecule has 4 aromatic rings. The first-order chi connectivity index (χ1) is 25.7. The molecule has 2 fully saturated rings. The molecule has 0 atom stereocenters. The van der Waals surface area contributed by atoms with Crippen molar-refractivity contribution in [3.8, 4) is 11.5 Å². The van der Waals surface area contributed by atoms with Gasteiger partial charge in [-0.05, 0) is 102 Å². The van der Waals surface area contributed by atoms with Crippen LogP contribution < -0.4 is 14.4 Å². The first-order valence-electron chi connectivity index (χ1n) is 19.3. The molecule has 5 heterocycles. The zero-order valence-corrected chi connectivity index (χ0v) is 31.9. The molecular weight excluding hydrogens is 670 g/mol. The fourth-order valence-corrected chi connectivity index (χ4v) is 8.58. The van der Waals surface area contributed by atoms with Crippen LogP contribution in [0.4, 0.5) is 5.82 Å². The number of hydrogen-bond acceptors (Lipinski definition) is 10. The molecule has 3 aliphatic rings. The van der Waals surface area contributed by atoms with E-state index in [1.165, 1.54) is 5.56 Å². The molecular formula is C40H53N9O4. The highest BCUT2D eigenvalue weighted by atomic mass is 16.5. The fraction of sp³-hybridized carbons (Fsp3) is 0.550. The van der Waals surface area contributed by atoms with Gasteiger partial charge in [-0.15, -0.1) is 0 Å². The number of likely N-dealkylation sites (N-methyl/N-ethyl adjacent to an activating group) is 1. The maximum absolute atomic E-state index is 14.1. The number of nitrogens with zero attached hydrogens (tertiary/aromatic N) is 9. The van der Waals surface area contributed by atoms with Gasteiger partial charge in [0.05, 0.1) is 49.1 Å². The average molecular weight is 724 g/mol. The lowest BCUT2D eigenvalue weighted by Crippen LogP contribution is -2.57. The molecule has 13 nitrogen and oxygen atoms in total. The third-order valence-corrected chi connectivity index (χ3v) is 11.1. The van der Waals surface area contributed by atoms with E-state index in [9.17, 15) is 9.59 Å². The summed E-state index contributed by atoms with van der Waals surface area (Å²) in [5.74, 6) is 2.58. The highest BCUT2D eigenvalue weighted by Crippen LogP contribution is 2.50. The monoisotopic (exact) mass is 723 g/mol. The SMILES string of the molecule is CCOc1cc2c(cc1OCC)[C@]1(CC[C@H](C(=O)N3CCN(c4ncnc5c4cnn5Cc4cccc(CC)n4)CC3)CC1)N(C(=O)CN(C)C)CC2. The van der Waals surface area contributed by atoms with Gasteiger partial charge in [-0.2, -0.15) is 5.10 Å². The molecule has 1 aliphatic carbocycles. The predicted octanol–water partition coefficient (Wildman–Crippen LogP) is 4.31. The molecule has 7 rings (SSSR count). The molecule has 0 radical (unpaired) electrons. The second-order valence-corrected chi connectivity index (χ2v) is 14.7. The van der Waals surface area contributed by atoms with Crippen molar-refractivity contribution in [2.75, 3.05) is 71.5 Å². The Morgan fingerprint density at radius 3 is 2.34 bits per heavy atom. The number of carbonyl (C=O) groups is 2. The van der Waals surface area contributed by atoms with Gasteiger partial charge >= 0.3 is 0 Å². The van der Waals surface area contributed by atoms with Gasteiger partial charge in [0, 0.05) is 44.3 Å². The molecule has 0 bridgehead atoms. The minimum atomic E-state index is -0.482. The van der Waals surface area contributed by atoms with Gasteiger partial charge in [0.15, 0.2) is 17.1 Å². The Kier molecular flexibility index (Phi) is 10.8. The highest BCUT2D eigenvalue weighted by Gasteiger charge is 2.49. The van der Waals surface area contributed by atoms with E-state index in [0.717, 1.165) is 83.8 Å². The van der Waals surface area contributed by atoms with E-state index in [1.54, 1.807) is 6.33 Å². The summed E-state index contributed by atoms with van der Waals surface area (Å²) in [6.45, 7) is 11.3. The largest absolute Gasteiger partial charge is 0.490 e. The number of fused-ring (bicyclic) bond motifs is 3. The van der Waals surface area contributed by atoms with Gasteiger partial charge in [0.1, 0.15) is 12.1 Å². The van der Waals surface area contributed by atoms with Crippen LogP contribution in [0.3, 0.4) is 0 Å². The third kappa shape index (κ3) is 7.27. The third-order valence-electron chi connectivity index (χ3n) is 11.1. The van der Waals surface area contributed by atoms with E-state index >= 15 is 0 Å². The molecule has 53 heavy (non-hydrogen) atoms. The average Bonchev–Trinajstić information content (AvgIpc) is 3.58. The lowest BCUT2D eigenvalue weighted by molar-refractivity contribution is -0.144. The number of piperazine rings is 1. The van der Waals surface area contributed by atoms with Crippen molar-refractivity contribution in [1.82, 2.24) is 39.4 Å². The Bertz CT molecular complexity index is 1930. The van der Waals surface area contributed by atoms with E-state index in [0.29, 0.717) is 59.0 Å². The summed E-state index contributed by atoms with van der Waals surface area (Å²) in [5.41, 5.74) is 4.65. The van der Waals surface area contributed by atoms with E-state index in [2.05, 4.69) is 43.9 Å². The van der Waals surface area contributed by atoms with Gasteiger partial charge in [0.2, 0.25) is 11.8 Å². The number of hydrogen-bond donors (Lipinski definition) is 0. The van der Waals surface area contributed by atoms with E-state index < -0.39 is 5.54 Å². The number of anilines is 1. The molecule has 2 amide bonds. The summed E-state index contributed by atoms with van der Waals surface area (Å²) in [4.78, 5) is 50.2. The molecule has 282 valence electrons. The fourth-order valence-electron chi connectivity index (χ4n) is 8.58. The second kappa shape index (κ2) is 15.7. The number of rotatable bonds is 11. The van der Waals surface area contributed by atoms with Gasteiger partial charge in [-0.3, -0.25) is 14.6 Å². The normalized spacial score (nSPS) is 20.3. The van der Waals surface area contributed by atoms with Crippen LogP contribution in [-0.4, -0.2) is 118 Å². The summed E-state index contributed by atoms with van der Waals surface area (Å²) in [6.07, 6.45) is 8.01. The van der Waals surface area contributed by atoms with Crippen LogP contribution in [0.5, 0.6) is 11.5 Å². The molecule has 2 aliphatic heterocycles. The summed E-state index contributed by atoms with van der Waals surface area (Å²) in [5, 5.41) is 5.56. The molecule has 0 unspecified atom stereocenters. The van der Waals surface area contributed by atoms with Crippen LogP contribution in [0.25, 0.3) is 11.0 Å². The summed E-state index contributed by atoms with van der Waals surface area (Å²) < 4.78 is 13.9. The zero-order chi connectivity index (χ0) is 37.1. The van der Waals surface area contributed by atoms with Crippen molar-refractivity contribution in [3.63, 3.8) is 0 Å². The molecule has 1 saturated carbocycles. The van der Waals surface area contributed by atoms with E-state index in [-0.39, 0.29) is 17.7 Å². The number of pyridine rings is 1. The Morgan fingerprint density at radius 1 is 0.925 bits per heavy atom. The summed E-state index contributed by atoms with van der Waals surface area (Å²) >= 11 is 0. The van der Waals surface area contributed by atoms with Crippen molar-refractivity contribution >= 4 is 28.7 Å². The van der Waals surface area contributed by atoms with Gasteiger partial charge in [0.25, 0.3) is 0 Å². The molecule has 1 spiro atoms. The van der Waals surface area contributed by atoms with Gasteiger partial charge in [-0.25, -0.2) is 14.6 Å². The van der Waals surface area contributed by atoms with Gasteiger partial charge in [-0.1, -0.05) is 13.0 Å². The number of carbonyl (C=O) groups excluding carboxylic acids is 2. The first kappa shape index (κ1) is 36.6. The van der Waals surface area contributed by atoms with Crippen LogP contribution in [0.15, 0.2) is 42.9 Å². The molecule has 3 aromatic heterocycles. The van der Waals surface area contributed by atoms with Crippen LogP contribution in [0.1, 0.15) is 69.0 Å². The van der Waals surface area contributed by atoms with Crippen molar-refractivity contribution in [1.29, 1.82) is 0 Å². The maximum Gasteiger partial charge on any atom is 0.237 e. The number of benzene rings is 1. The number of aryl methyl sites for hydroxylation is 1.